The van der Waals surface area contributed by atoms with Crippen LogP contribution in [0.1, 0.15) is 0 Å². The van der Waals surface area contributed by atoms with Gasteiger partial charge in [-0.2, -0.15) is 8.75 Å². The number of benzene rings is 1. The first-order valence-corrected chi connectivity index (χ1v) is 6.13. The summed E-state index contributed by atoms with van der Waals surface area (Å²) in [6.45, 7) is 0. The van der Waals surface area contributed by atoms with Crippen molar-refractivity contribution in [1.82, 2.24) is 8.75 Å². The Morgan fingerprint density at radius 1 is 1.40 bits per heavy atom. The van der Waals surface area contributed by atoms with Gasteiger partial charge in [-0.1, -0.05) is 0 Å². The number of nitrogens with zero attached hydrogens (tertiary/aromatic N) is 3. The summed E-state index contributed by atoms with van der Waals surface area (Å²) in [6.07, 6.45) is 0. The number of carbonyl (C=O) groups excluding carboxylic acids is 1. The Bertz CT molecular complexity index is 551. The van der Waals surface area contributed by atoms with E-state index < -0.39 is 0 Å². The van der Waals surface area contributed by atoms with E-state index in [-0.39, 0.29) is 5.91 Å². The van der Waals surface area contributed by atoms with Crippen molar-refractivity contribution in [2.24, 2.45) is 0 Å². The molecule has 0 N–H and O–H groups in total. The number of hydrogen-bond donors (Lipinski definition) is 0. The van der Waals surface area contributed by atoms with Gasteiger partial charge in [-0.3, -0.25) is 4.79 Å². The van der Waals surface area contributed by atoms with Gasteiger partial charge in [0.1, 0.15) is 11.0 Å². The average molecular weight is 237 g/mol. The van der Waals surface area contributed by atoms with Crippen LogP contribution in [0.2, 0.25) is 0 Å². The maximum Gasteiger partial charge on any atom is 0.237 e. The van der Waals surface area contributed by atoms with E-state index >= 15 is 0 Å². The third-order valence-corrected chi connectivity index (χ3v) is 4.00. The molecule has 6 heteroatoms. The third-order valence-electron chi connectivity index (χ3n) is 2.42. The Balaban J connectivity index is 2.35. The molecular weight excluding hydrogens is 230 g/mol. The van der Waals surface area contributed by atoms with Gasteiger partial charge < -0.3 is 4.90 Å². The van der Waals surface area contributed by atoms with E-state index in [2.05, 4.69) is 8.75 Å². The molecule has 1 aromatic heterocycles. The number of aromatic nitrogens is 2. The predicted octanol–water partition coefficient (Wildman–Crippen LogP) is 1.76. The molecule has 0 unspecified atom stereocenters. The van der Waals surface area contributed by atoms with Crippen molar-refractivity contribution in [2.75, 3.05) is 17.7 Å². The van der Waals surface area contributed by atoms with Crippen molar-refractivity contribution in [2.45, 2.75) is 4.90 Å². The van der Waals surface area contributed by atoms with E-state index in [0.29, 0.717) is 5.75 Å². The standard InChI is InChI=1S/C9H7N3OS2/c1-12-7(13)4-14-6-3-2-5-8(9(6)12)11-15-10-5/h2-3H,4H2,1H3. The summed E-state index contributed by atoms with van der Waals surface area (Å²) in [5.74, 6) is 0.625. The Hall–Kier alpha value is -1.14. The monoisotopic (exact) mass is 237 g/mol. The Kier molecular flexibility index (Phi) is 1.93. The molecule has 15 heavy (non-hydrogen) atoms. The van der Waals surface area contributed by atoms with Crippen molar-refractivity contribution in [3.05, 3.63) is 12.1 Å². The molecule has 0 fully saturated rings. The quantitative estimate of drug-likeness (QED) is 0.700. The normalized spacial score (nSPS) is 15.8. The van der Waals surface area contributed by atoms with Gasteiger partial charge in [-0.05, 0) is 12.1 Å². The fourth-order valence-electron chi connectivity index (χ4n) is 1.62. The Morgan fingerprint density at radius 3 is 3.13 bits per heavy atom. The molecule has 0 spiro atoms. The van der Waals surface area contributed by atoms with Gasteiger partial charge in [0.25, 0.3) is 0 Å². The smallest absolute Gasteiger partial charge is 0.237 e. The fourth-order valence-corrected chi connectivity index (χ4v) is 3.17. The molecule has 0 saturated heterocycles. The summed E-state index contributed by atoms with van der Waals surface area (Å²) in [6, 6.07) is 3.96. The molecule has 0 radical (unpaired) electrons. The highest BCUT2D eigenvalue weighted by Gasteiger charge is 2.24. The van der Waals surface area contributed by atoms with Gasteiger partial charge in [-0.25, -0.2) is 0 Å². The van der Waals surface area contributed by atoms with Gasteiger partial charge in [0.15, 0.2) is 0 Å². The Labute approximate surface area is 94.6 Å². The van der Waals surface area contributed by atoms with E-state index in [9.17, 15) is 4.79 Å². The van der Waals surface area contributed by atoms with Crippen LogP contribution in [-0.4, -0.2) is 27.5 Å². The van der Waals surface area contributed by atoms with Crippen molar-refractivity contribution >= 4 is 46.1 Å². The zero-order chi connectivity index (χ0) is 10.4. The minimum absolute atomic E-state index is 0.119. The van der Waals surface area contributed by atoms with Gasteiger partial charge >= 0.3 is 0 Å². The largest absolute Gasteiger partial charge is 0.312 e. The van der Waals surface area contributed by atoms with Gasteiger partial charge in [0, 0.05) is 11.9 Å². The van der Waals surface area contributed by atoms with Crippen LogP contribution in [0, 0.1) is 0 Å². The molecule has 1 aliphatic heterocycles. The lowest BCUT2D eigenvalue weighted by atomic mass is 10.2. The number of fused-ring (bicyclic) bond motifs is 3. The molecule has 4 nitrogen and oxygen atoms in total. The van der Waals surface area contributed by atoms with Crippen molar-refractivity contribution in [1.29, 1.82) is 0 Å². The molecule has 0 atom stereocenters. The first-order valence-electron chi connectivity index (χ1n) is 4.42. The first kappa shape index (κ1) is 9.11. The number of anilines is 1. The summed E-state index contributed by atoms with van der Waals surface area (Å²) in [7, 11) is 1.79. The topological polar surface area (TPSA) is 46.1 Å². The molecule has 1 aromatic carbocycles. The molecule has 1 amide bonds. The van der Waals surface area contributed by atoms with Gasteiger partial charge in [-0.15, -0.1) is 11.8 Å². The van der Waals surface area contributed by atoms with Crippen LogP contribution >= 0.6 is 23.5 Å². The molecule has 0 aliphatic carbocycles. The number of thioether (sulfide) groups is 1. The maximum atomic E-state index is 11.6. The minimum Gasteiger partial charge on any atom is -0.312 e. The van der Waals surface area contributed by atoms with Gasteiger partial charge in [0.2, 0.25) is 5.91 Å². The summed E-state index contributed by atoms with van der Waals surface area (Å²) in [4.78, 5) is 14.4. The van der Waals surface area contributed by atoms with Crippen molar-refractivity contribution < 1.29 is 4.79 Å². The second kappa shape index (κ2) is 3.18. The van der Waals surface area contributed by atoms with Crippen molar-refractivity contribution in [3.8, 4) is 0 Å². The summed E-state index contributed by atoms with van der Waals surface area (Å²) in [5.41, 5.74) is 2.60. The maximum absolute atomic E-state index is 11.6. The highest BCUT2D eigenvalue weighted by atomic mass is 32.2. The van der Waals surface area contributed by atoms with Crippen LogP contribution in [0.5, 0.6) is 0 Å². The molecule has 0 bridgehead atoms. The average Bonchev–Trinajstić information content (AvgIpc) is 2.70. The molecule has 76 valence electrons. The highest BCUT2D eigenvalue weighted by Crippen LogP contribution is 2.38. The van der Waals surface area contributed by atoms with E-state index in [1.165, 1.54) is 11.7 Å². The van der Waals surface area contributed by atoms with E-state index in [0.717, 1.165) is 21.6 Å². The van der Waals surface area contributed by atoms with Crippen LogP contribution in [-0.2, 0) is 4.79 Å². The second-order valence-electron chi connectivity index (χ2n) is 3.29. The lowest BCUT2D eigenvalue weighted by Crippen LogP contribution is -2.31. The fraction of sp³-hybridized carbons (Fsp3) is 0.222. The van der Waals surface area contributed by atoms with E-state index in [4.69, 9.17) is 0 Å². The predicted molar refractivity (Wildman–Crippen MR) is 61.5 cm³/mol. The lowest BCUT2D eigenvalue weighted by molar-refractivity contribution is -0.116. The lowest BCUT2D eigenvalue weighted by Gasteiger charge is -2.24. The van der Waals surface area contributed by atoms with Crippen LogP contribution in [0.25, 0.3) is 11.0 Å². The molecule has 3 rings (SSSR count). The summed E-state index contributed by atoms with van der Waals surface area (Å²) < 4.78 is 8.41. The van der Waals surface area contributed by atoms with Crippen LogP contribution in [0.4, 0.5) is 5.69 Å². The minimum atomic E-state index is 0.119. The number of amides is 1. The van der Waals surface area contributed by atoms with Crippen LogP contribution in [0.3, 0.4) is 0 Å². The molecule has 0 saturated carbocycles. The zero-order valence-corrected chi connectivity index (χ0v) is 9.56. The molecular formula is C9H7N3OS2. The summed E-state index contributed by atoms with van der Waals surface area (Å²) in [5, 5.41) is 0. The van der Waals surface area contributed by atoms with E-state index in [1.54, 1.807) is 23.7 Å². The zero-order valence-electron chi connectivity index (χ0n) is 7.93. The Morgan fingerprint density at radius 2 is 2.27 bits per heavy atom. The van der Waals surface area contributed by atoms with E-state index in [1.807, 2.05) is 12.1 Å². The van der Waals surface area contributed by atoms with Crippen molar-refractivity contribution in [3.63, 3.8) is 0 Å². The second-order valence-corrected chi connectivity index (χ2v) is 4.83. The number of hydrogen-bond acceptors (Lipinski definition) is 5. The molecule has 1 aliphatic rings. The molecule has 2 heterocycles. The highest BCUT2D eigenvalue weighted by molar-refractivity contribution is 8.00. The SMILES string of the molecule is CN1C(=O)CSc2ccc3nsnc3c21. The first-order chi connectivity index (χ1) is 7.27. The summed E-state index contributed by atoms with van der Waals surface area (Å²) >= 11 is 2.75. The van der Waals surface area contributed by atoms with Crippen LogP contribution < -0.4 is 4.90 Å². The third kappa shape index (κ3) is 1.25. The molecule has 2 aromatic rings. The number of rotatable bonds is 0. The van der Waals surface area contributed by atoms with Crippen LogP contribution in [0.15, 0.2) is 17.0 Å². The number of carbonyl (C=O) groups is 1. The van der Waals surface area contributed by atoms with Gasteiger partial charge in [0.05, 0.1) is 23.2 Å².